The summed E-state index contributed by atoms with van der Waals surface area (Å²) in [6.07, 6.45) is -3.36. The highest BCUT2D eigenvalue weighted by atomic mass is 35.5. The molecule has 1 aromatic carbocycles. The van der Waals surface area contributed by atoms with Crippen molar-refractivity contribution in [3.8, 4) is 11.1 Å². The van der Waals surface area contributed by atoms with Crippen LogP contribution in [0.2, 0.25) is 5.02 Å². The molecule has 1 spiro atoms. The number of fused-ring (bicyclic) bond motifs is 3. The van der Waals surface area contributed by atoms with Crippen molar-refractivity contribution in [1.82, 2.24) is 20.3 Å². The fourth-order valence-corrected chi connectivity index (χ4v) is 5.30. The number of rotatable bonds is 2. The van der Waals surface area contributed by atoms with Gasteiger partial charge in [0.1, 0.15) is 0 Å². The van der Waals surface area contributed by atoms with Gasteiger partial charge in [0.25, 0.3) is 0 Å². The summed E-state index contributed by atoms with van der Waals surface area (Å²) in [5.41, 5.74) is 1.89. The zero-order valence-electron chi connectivity index (χ0n) is 17.7. The molecule has 176 valence electrons. The van der Waals surface area contributed by atoms with Gasteiger partial charge in [-0.2, -0.15) is 18.3 Å². The number of alkyl halides is 3. The minimum Gasteiger partial charge on any atom is -0.357 e. The van der Waals surface area contributed by atoms with Crippen molar-refractivity contribution in [1.29, 1.82) is 0 Å². The lowest BCUT2D eigenvalue weighted by molar-refractivity contribution is -0.187. The van der Waals surface area contributed by atoms with E-state index in [9.17, 15) is 18.0 Å². The first-order valence-corrected chi connectivity index (χ1v) is 11.0. The first kappa shape index (κ1) is 21.2. The molecule has 12 heteroatoms. The topological polar surface area (TPSA) is 78.6 Å². The van der Waals surface area contributed by atoms with Crippen molar-refractivity contribution in [3.63, 3.8) is 0 Å². The first-order chi connectivity index (χ1) is 16.2. The standard InChI is InChI=1S/C22H18ClF3N6O2/c23-14-3-4-15-13(6-14)7-30(20(33)22(24,25)26)8-16-18(15)19(29-34-16)32-11-21(12-32)9-31(10-21)17-2-1-5-27-28-17/h1-6H,7-12H2. The van der Waals surface area contributed by atoms with E-state index in [4.69, 9.17) is 16.1 Å². The number of carbonyl (C=O) groups is 1. The normalized spacial score (nSPS) is 18.6. The second kappa shape index (κ2) is 7.33. The van der Waals surface area contributed by atoms with Gasteiger partial charge in [0.2, 0.25) is 0 Å². The minimum absolute atomic E-state index is 0.0925. The molecular weight excluding hydrogens is 473 g/mol. The smallest absolute Gasteiger partial charge is 0.357 e. The lowest BCUT2D eigenvalue weighted by atomic mass is 9.72. The molecule has 3 aliphatic rings. The number of carbonyl (C=O) groups excluding carboxylic acids is 1. The summed E-state index contributed by atoms with van der Waals surface area (Å²) in [5.74, 6) is -0.291. The molecule has 8 nitrogen and oxygen atoms in total. The summed E-state index contributed by atoms with van der Waals surface area (Å²) in [6, 6.07) is 8.77. The molecule has 2 fully saturated rings. The van der Waals surface area contributed by atoms with Crippen LogP contribution >= 0.6 is 11.6 Å². The molecule has 3 aliphatic heterocycles. The number of hydrogen-bond donors (Lipinski definition) is 0. The summed E-state index contributed by atoms with van der Waals surface area (Å²) >= 11 is 6.13. The van der Waals surface area contributed by atoms with E-state index in [1.165, 1.54) is 0 Å². The Kier molecular flexibility index (Phi) is 4.57. The zero-order valence-corrected chi connectivity index (χ0v) is 18.5. The fraction of sp³-hybridized carbons (Fsp3) is 0.364. The highest BCUT2D eigenvalue weighted by molar-refractivity contribution is 6.30. The second-order valence-electron chi connectivity index (χ2n) is 9.06. The van der Waals surface area contributed by atoms with Gasteiger partial charge in [-0.25, -0.2) is 0 Å². The van der Waals surface area contributed by atoms with E-state index in [0.29, 0.717) is 27.5 Å². The van der Waals surface area contributed by atoms with Gasteiger partial charge in [0, 0.05) is 49.4 Å². The summed E-state index contributed by atoms with van der Waals surface area (Å²) in [5, 5.41) is 12.6. The first-order valence-electron chi connectivity index (χ1n) is 10.6. The third kappa shape index (κ3) is 3.37. The van der Waals surface area contributed by atoms with Crippen LogP contribution < -0.4 is 9.80 Å². The van der Waals surface area contributed by atoms with Crippen LogP contribution in [0.4, 0.5) is 24.8 Å². The van der Waals surface area contributed by atoms with Gasteiger partial charge in [0.15, 0.2) is 17.4 Å². The Morgan fingerprint density at radius 3 is 2.56 bits per heavy atom. The largest absolute Gasteiger partial charge is 0.471 e. The van der Waals surface area contributed by atoms with Gasteiger partial charge in [-0.3, -0.25) is 4.79 Å². The fourth-order valence-electron chi connectivity index (χ4n) is 5.10. The van der Waals surface area contributed by atoms with E-state index < -0.39 is 12.1 Å². The molecule has 0 radical (unpaired) electrons. The molecule has 0 saturated carbocycles. The zero-order chi connectivity index (χ0) is 23.7. The van der Waals surface area contributed by atoms with E-state index in [1.54, 1.807) is 24.4 Å². The maximum atomic E-state index is 13.2. The summed E-state index contributed by atoms with van der Waals surface area (Å²) < 4.78 is 45.1. The third-order valence-corrected chi connectivity index (χ3v) is 6.83. The summed E-state index contributed by atoms with van der Waals surface area (Å²) in [7, 11) is 0. The van der Waals surface area contributed by atoms with Crippen molar-refractivity contribution in [2.75, 3.05) is 36.0 Å². The molecule has 34 heavy (non-hydrogen) atoms. The van der Waals surface area contributed by atoms with Gasteiger partial charge >= 0.3 is 12.1 Å². The van der Waals surface area contributed by atoms with Crippen LogP contribution in [0.5, 0.6) is 0 Å². The van der Waals surface area contributed by atoms with E-state index in [1.807, 2.05) is 12.1 Å². The van der Waals surface area contributed by atoms with Crippen LogP contribution in [-0.4, -0.2) is 58.5 Å². The van der Waals surface area contributed by atoms with Crippen LogP contribution in [0, 0.1) is 5.41 Å². The molecular formula is C22H18ClF3N6O2. The number of nitrogens with zero attached hydrogens (tertiary/aromatic N) is 6. The lowest BCUT2D eigenvalue weighted by Gasteiger charge is -2.60. The van der Waals surface area contributed by atoms with E-state index in [-0.39, 0.29) is 24.3 Å². The molecule has 2 saturated heterocycles. The van der Waals surface area contributed by atoms with Gasteiger partial charge in [0.05, 0.1) is 12.1 Å². The highest BCUT2D eigenvalue weighted by Gasteiger charge is 2.54. The van der Waals surface area contributed by atoms with Crippen LogP contribution in [0.15, 0.2) is 41.1 Å². The van der Waals surface area contributed by atoms with Crippen molar-refractivity contribution >= 4 is 29.1 Å². The molecule has 1 amide bonds. The van der Waals surface area contributed by atoms with Crippen LogP contribution in [0.1, 0.15) is 11.3 Å². The van der Waals surface area contributed by atoms with E-state index in [0.717, 1.165) is 36.9 Å². The van der Waals surface area contributed by atoms with Crippen LogP contribution in [0.3, 0.4) is 0 Å². The molecule has 5 heterocycles. The third-order valence-electron chi connectivity index (χ3n) is 6.59. The van der Waals surface area contributed by atoms with Crippen molar-refractivity contribution < 1.29 is 22.5 Å². The molecule has 6 rings (SSSR count). The Labute approximate surface area is 196 Å². The Bertz CT molecular complexity index is 1270. The quantitative estimate of drug-likeness (QED) is 0.544. The highest BCUT2D eigenvalue weighted by Crippen LogP contribution is 2.47. The van der Waals surface area contributed by atoms with Gasteiger partial charge in [-0.05, 0) is 35.4 Å². The number of hydrogen-bond acceptors (Lipinski definition) is 7. The minimum atomic E-state index is -4.99. The molecule has 0 aliphatic carbocycles. The SMILES string of the molecule is O=C(N1Cc2cc(Cl)ccc2-c2c(N3CC4(CN(c5cccnn5)C4)C3)noc2C1)C(F)(F)F. The molecule has 0 N–H and O–H groups in total. The maximum Gasteiger partial charge on any atom is 0.471 e. The maximum absolute atomic E-state index is 13.2. The number of amides is 1. The molecule has 0 bridgehead atoms. The van der Waals surface area contributed by atoms with Crippen LogP contribution in [0.25, 0.3) is 11.1 Å². The summed E-state index contributed by atoms with van der Waals surface area (Å²) in [6.45, 7) is 2.58. The van der Waals surface area contributed by atoms with Crippen molar-refractivity contribution in [2.45, 2.75) is 19.3 Å². The predicted octanol–water partition coefficient (Wildman–Crippen LogP) is 3.52. The second-order valence-corrected chi connectivity index (χ2v) is 9.50. The Morgan fingerprint density at radius 1 is 1.09 bits per heavy atom. The van der Waals surface area contributed by atoms with Crippen molar-refractivity contribution in [2.24, 2.45) is 5.41 Å². The molecule has 3 aromatic rings. The Hall–Kier alpha value is -3.34. The Balaban J connectivity index is 1.27. The van der Waals surface area contributed by atoms with Gasteiger partial charge in [-0.15, -0.1) is 5.10 Å². The molecule has 0 unspecified atom stereocenters. The van der Waals surface area contributed by atoms with Gasteiger partial charge < -0.3 is 19.2 Å². The van der Waals surface area contributed by atoms with Gasteiger partial charge in [-0.1, -0.05) is 22.8 Å². The number of halogens is 4. The van der Waals surface area contributed by atoms with Crippen molar-refractivity contribution in [3.05, 3.63) is 52.9 Å². The number of anilines is 2. The van der Waals surface area contributed by atoms with E-state index in [2.05, 4.69) is 25.2 Å². The number of benzene rings is 1. The van der Waals surface area contributed by atoms with E-state index >= 15 is 0 Å². The Morgan fingerprint density at radius 2 is 1.85 bits per heavy atom. The van der Waals surface area contributed by atoms with Crippen LogP contribution in [-0.2, 0) is 17.9 Å². The lowest BCUT2D eigenvalue weighted by Crippen LogP contribution is -2.72. The predicted molar refractivity (Wildman–Crippen MR) is 116 cm³/mol. The average molecular weight is 491 g/mol. The summed E-state index contributed by atoms with van der Waals surface area (Å²) in [4.78, 5) is 17.0. The molecule has 2 aromatic heterocycles. The number of aromatic nitrogens is 3. The molecule has 0 atom stereocenters. The average Bonchev–Trinajstić information content (AvgIpc) is 3.06. The monoisotopic (exact) mass is 490 g/mol.